The molecule has 0 bridgehead atoms. The van der Waals surface area contributed by atoms with Crippen molar-refractivity contribution in [1.29, 1.82) is 0 Å². The Hall–Kier alpha value is -3.32. The molecular formula is C24H24N2O4S. The van der Waals surface area contributed by atoms with Crippen LogP contribution in [0.3, 0.4) is 0 Å². The van der Waals surface area contributed by atoms with Crippen LogP contribution in [0.2, 0.25) is 0 Å². The third-order valence-electron chi connectivity index (χ3n) is 5.36. The maximum atomic E-state index is 12.7. The van der Waals surface area contributed by atoms with Crippen LogP contribution in [0.4, 0.5) is 11.4 Å². The lowest BCUT2D eigenvalue weighted by Gasteiger charge is -2.22. The van der Waals surface area contributed by atoms with Gasteiger partial charge in [-0.3, -0.25) is 9.52 Å². The number of carbonyl (C=O) groups excluding carboxylic acids is 1. The number of ether oxygens (including phenoxy) is 1. The fourth-order valence-electron chi connectivity index (χ4n) is 3.77. The summed E-state index contributed by atoms with van der Waals surface area (Å²) < 4.78 is 33.5. The second kappa shape index (κ2) is 8.43. The van der Waals surface area contributed by atoms with Gasteiger partial charge in [-0.05, 0) is 67.8 Å². The molecule has 1 amide bonds. The van der Waals surface area contributed by atoms with Gasteiger partial charge >= 0.3 is 0 Å². The van der Waals surface area contributed by atoms with Gasteiger partial charge in [-0.15, -0.1) is 0 Å². The van der Waals surface area contributed by atoms with E-state index in [9.17, 15) is 13.2 Å². The zero-order chi connectivity index (χ0) is 22.0. The molecule has 1 aliphatic heterocycles. The number of sulfonamides is 1. The summed E-state index contributed by atoms with van der Waals surface area (Å²) in [6.07, 6.45) is 0.822. The number of aryl methyl sites for hydroxylation is 1. The minimum absolute atomic E-state index is 0.0773. The fraction of sp³-hybridized carbons (Fsp3) is 0.208. The Morgan fingerprint density at radius 2 is 1.71 bits per heavy atom. The lowest BCUT2D eigenvalue weighted by Crippen LogP contribution is -2.39. The molecule has 0 aliphatic carbocycles. The van der Waals surface area contributed by atoms with Crippen LogP contribution >= 0.6 is 0 Å². The first-order chi connectivity index (χ1) is 14.8. The van der Waals surface area contributed by atoms with Crippen LogP contribution in [-0.2, 0) is 21.2 Å². The summed E-state index contributed by atoms with van der Waals surface area (Å²) in [5.74, 6) is 0.304. The topological polar surface area (TPSA) is 75.7 Å². The molecule has 0 fully saturated rings. The predicted octanol–water partition coefficient (Wildman–Crippen LogP) is 4.15. The van der Waals surface area contributed by atoms with Crippen molar-refractivity contribution in [3.05, 3.63) is 83.9 Å². The van der Waals surface area contributed by atoms with Gasteiger partial charge in [0.15, 0.2) is 6.61 Å². The summed E-state index contributed by atoms with van der Waals surface area (Å²) in [5.41, 5.74) is 3.45. The SMILES string of the molecule is Cc1ccccc1NS(=O)(=O)c1ccc(OCC(=O)N2c3ccccc3CC2C)cc1. The van der Waals surface area contributed by atoms with Gasteiger partial charge in [-0.1, -0.05) is 36.4 Å². The first kappa shape index (κ1) is 20.9. The van der Waals surface area contributed by atoms with Crippen molar-refractivity contribution in [3.63, 3.8) is 0 Å². The highest BCUT2D eigenvalue weighted by Gasteiger charge is 2.30. The van der Waals surface area contributed by atoms with Crippen molar-refractivity contribution in [1.82, 2.24) is 0 Å². The molecule has 0 spiro atoms. The van der Waals surface area contributed by atoms with Crippen molar-refractivity contribution >= 4 is 27.3 Å². The summed E-state index contributed by atoms with van der Waals surface area (Å²) in [7, 11) is -3.72. The second-order valence-corrected chi connectivity index (χ2v) is 9.31. The molecule has 1 atom stereocenters. The molecule has 31 heavy (non-hydrogen) atoms. The summed E-state index contributed by atoms with van der Waals surface area (Å²) in [4.78, 5) is 14.6. The molecule has 3 aromatic carbocycles. The van der Waals surface area contributed by atoms with E-state index in [-0.39, 0.29) is 23.5 Å². The highest BCUT2D eigenvalue weighted by atomic mass is 32.2. The molecule has 0 saturated heterocycles. The van der Waals surface area contributed by atoms with E-state index < -0.39 is 10.0 Å². The van der Waals surface area contributed by atoms with Crippen LogP contribution in [0.1, 0.15) is 18.1 Å². The molecule has 0 aromatic heterocycles. The molecule has 1 aliphatic rings. The van der Waals surface area contributed by atoms with Gasteiger partial charge < -0.3 is 9.64 Å². The Bertz CT molecular complexity index is 1210. The molecule has 0 radical (unpaired) electrons. The van der Waals surface area contributed by atoms with Gasteiger partial charge in [0.05, 0.1) is 10.6 Å². The minimum Gasteiger partial charge on any atom is -0.484 e. The number of nitrogens with one attached hydrogen (secondary N) is 1. The Morgan fingerprint density at radius 3 is 2.45 bits per heavy atom. The van der Waals surface area contributed by atoms with E-state index in [1.54, 1.807) is 29.2 Å². The third kappa shape index (κ3) is 4.41. The predicted molar refractivity (Wildman–Crippen MR) is 121 cm³/mol. The van der Waals surface area contributed by atoms with E-state index in [1.165, 1.54) is 12.1 Å². The molecule has 1 heterocycles. The Balaban J connectivity index is 1.41. The molecule has 1 unspecified atom stereocenters. The lowest BCUT2D eigenvalue weighted by atomic mass is 10.1. The summed E-state index contributed by atoms with van der Waals surface area (Å²) >= 11 is 0. The first-order valence-corrected chi connectivity index (χ1v) is 11.5. The highest BCUT2D eigenvalue weighted by Crippen LogP contribution is 2.32. The van der Waals surface area contributed by atoms with Crippen molar-refractivity contribution in [2.75, 3.05) is 16.2 Å². The van der Waals surface area contributed by atoms with E-state index >= 15 is 0 Å². The smallest absolute Gasteiger partial charge is 0.265 e. The van der Waals surface area contributed by atoms with E-state index in [1.807, 2.05) is 50.2 Å². The van der Waals surface area contributed by atoms with E-state index in [0.29, 0.717) is 11.4 Å². The number of hydrogen-bond acceptors (Lipinski definition) is 4. The molecule has 6 nitrogen and oxygen atoms in total. The average Bonchev–Trinajstić information content (AvgIpc) is 3.09. The number of rotatable bonds is 6. The molecule has 3 aromatic rings. The number of hydrogen-bond donors (Lipinski definition) is 1. The van der Waals surface area contributed by atoms with Crippen LogP contribution < -0.4 is 14.4 Å². The van der Waals surface area contributed by atoms with Crippen molar-refractivity contribution < 1.29 is 17.9 Å². The first-order valence-electron chi connectivity index (χ1n) is 10.1. The van der Waals surface area contributed by atoms with Crippen LogP contribution in [0.25, 0.3) is 0 Å². The Labute approximate surface area is 182 Å². The van der Waals surface area contributed by atoms with Crippen LogP contribution in [0, 0.1) is 6.92 Å². The van der Waals surface area contributed by atoms with Gasteiger partial charge in [0, 0.05) is 11.7 Å². The normalized spacial score (nSPS) is 15.4. The van der Waals surface area contributed by atoms with Gasteiger partial charge in [0.25, 0.3) is 15.9 Å². The largest absolute Gasteiger partial charge is 0.484 e. The minimum atomic E-state index is -3.72. The fourth-order valence-corrected chi connectivity index (χ4v) is 4.90. The molecule has 4 rings (SSSR count). The number of para-hydroxylation sites is 2. The lowest BCUT2D eigenvalue weighted by molar-refractivity contribution is -0.120. The number of nitrogens with zero attached hydrogens (tertiary/aromatic N) is 1. The molecular weight excluding hydrogens is 412 g/mol. The zero-order valence-electron chi connectivity index (χ0n) is 17.4. The average molecular weight is 437 g/mol. The standard InChI is InChI=1S/C24H24N2O4S/c1-17-7-3-5-9-22(17)25-31(28,29)21-13-11-20(12-14-21)30-16-24(27)26-18(2)15-19-8-4-6-10-23(19)26/h3-14,18,25H,15-16H2,1-2H3. The maximum absolute atomic E-state index is 12.7. The second-order valence-electron chi connectivity index (χ2n) is 7.63. The van der Waals surface area contributed by atoms with Crippen LogP contribution in [-0.4, -0.2) is 27.0 Å². The monoisotopic (exact) mass is 436 g/mol. The summed E-state index contributed by atoms with van der Waals surface area (Å²) in [6, 6.07) is 21.2. The summed E-state index contributed by atoms with van der Waals surface area (Å²) in [5, 5.41) is 0. The number of benzene rings is 3. The number of carbonyl (C=O) groups is 1. The van der Waals surface area contributed by atoms with Crippen LogP contribution in [0.15, 0.2) is 77.7 Å². The van der Waals surface area contributed by atoms with Gasteiger partial charge in [-0.2, -0.15) is 0 Å². The van der Waals surface area contributed by atoms with Gasteiger partial charge in [-0.25, -0.2) is 8.42 Å². The highest BCUT2D eigenvalue weighted by molar-refractivity contribution is 7.92. The van der Waals surface area contributed by atoms with Crippen molar-refractivity contribution in [2.45, 2.75) is 31.2 Å². The quantitative estimate of drug-likeness (QED) is 0.630. The molecule has 7 heteroatoms. The van der Waals surface area contributed by atoms with E-state index in [4.69, 9.17) is 4.74 Å². The van der Waals surface area contributed by atoms with Gasteiger partial charge in [0.2, 0.25) is 0 Å². The molecule has 1 N–H and O–H groups in total. The van der Waals surface area contributed by atoms with E-state index in [2.05, 4.69) is 4.72 Å². The van der Waals surface area contributed by atoms with Crippen molar-refractivity contribution in [2.24, 2.45) is 0 Å². The number of amides is 1. The van der Waals surface area contributed by atoms with E-state index in [0.717, 1.165) is 23.2 Å². The van der Waals surface area contributed by atoms with Crippen molar-refractivity contribution in [3.8, 4) is 5.75 Å². The zero-order valence-corrected chi connectivity index (χ0v) is 18.2. The Kier molecular flexibility index (Phi) is 5.69. The van der Waals surface area contributed by atoms with Crippen LogP contribution in [0.5, 0.6) is 5.75 Å². The number of anilines is 2. The maximum Gasteiger partial charge on any atom is 0.265 e. The third-order valence-corrected chi connectivity index (χ3v) is 6.74. The molecule has 0 saturated carbocycles. The van der Waals surface area contributed by atoms with Gasteiger partial charge in [0.1, 0.15) is 5.75 Å². The molecule has 160 valence electrons. The Morgan fingerprint density at radius 1 is 1.03 bits per heavy atom. The number of fused-ring (bicyclic) bond motifs is 1. The summed E-state index contributed by atoms with van der Waals surface area (Å²) in [6.45, 7) is 3.73.